The third-order valence-electron chi connectivity index (χ3n) is 2.97. The molecule has 0 bridgehead atoms. The summed E-state index contributed by atoms with van der Waals surface area (Å²) in [4.78, 5) is 19.6. The van der Waals surface area contributed by atoms with Crippen molar-refractivity contribution in [3.8, 4) is 17.0 Å². The number of aromatic carboxylic acids is 1. The number of hydrogen-bond donors (Lipinski definition) is 2. The highest BCUT2D eigenvalue weighted by molar-refractivity contribution is 5.99. The molecule has 0 aliphatic heterocycles. The van der Waals surface area contributed by atoms with E-state index in [1.54, 1.807) is 30.7 Å². The molecule has 3 aromatic heterocycles. The number of anilines is 1. The summed E-state index contributed by atoms with van der Waals surface area (Å²) in [6.45, 7) is 0. The molecule has 0 aromatic carbocycles. The molecule has 0 spiro atoms. The van der Waals surface area contributed by atoms with Gasteiger partial charge in [0.05, 0.1) is 19.0 Å². The van der Waals surface area contributed by atoms with Gasteiger partial charge in [-0.2, -0.15) is 0 Å². The van der Waals surface area contributed by atoms with Crippen LogP contribution in [0.4, 0.5) is 5.82 Å². The van der Waals surface area contributed by atoms with Crippen LogP contribution in [0.3, 0.4) is 0 Å². The van der Waals surface area contributed by atoms with Crippen LogP contribution < -0.4 is 10.5 Å². The normalized spacial score (nSPS) is 10.7. The van der Waals surface area contributed by atoms with Crippen LogP contribution in [0, 0.1) is 0 Å². The number of nitrogen functional groups attached to an aromatic ring is 1. The zero-order valence-electron chi connectivity index (χ0n) is 11.0. The second kappa shape index (κ2) is 4.75. The minimum atomic E-state index is -1.17. The summed E-state index contributed by atoms with van der Waals surface area (Å²) in [5.74, 6) is -0.660. The number of ether oxygens (including phenoxy) is 1. The molecule has 0 saturated carbocycles. The molecule has 3 rings (SSSR count). The topological polar surface area (TPSA) is 116 Å². The van der Waals surface area contributed by atoms with Crippen LogP contribution >= 0.6 is 0 Å². The van der Waals surface area contributed by atoms with Crippen LogP contribution in [0.25, 0.3) is 16.9 Å². The Labute approximate surface area is 118 Å². The predicted molar refractivity (Wildman–Crippen MR) is 74.1 cm³/mol. The monoisotopic (exact) mass is 285 g/mol. The zero-order valence-corrected chi connectivity index (χ0v) is 11.0. The first-order valence-electron chi connectivity index (χ1n) is 5.97. The maximum atomic E-state index is 11.2. The summed E-state index contributed by atoms with van der Waals surface area (Å²) in [7, 11) is 1.54. The van der Waals surface area contributed by atoms with Gasteiger partial charge in [-0.25, -0.2) is 14.3 Å². The first kappa shape index (κ1) is 12.9. The van der Waals surface area contributed by atoms with Gasteiger partial charge in [-0.05, 0) is 12.1 Å². The molecule has 0 atom stereocenters. The maximum Gasteiger partial charge on any atom is 0.343 e. The molecule has 0 unspecified atom stereocenters. The molecule has 0 radical (unpaired) electrons. The van der Waals surface area contributed by atoms with Gasteiger partial charge in [0.25, 0.3) is 0 Å². The lowest BCUT2D eigenvalue weighted by Crippen LogP contribution is -2.01. The van der Waals surface area contributed by atoms with Gasteiger partial charge >= 0.3 is 5.97 Å². The average molecular weight is 285 g/mol. The first-order valence-corrected chi connectivity index (χ1v) is 5.97. The Morgan fingerprint density at radius 3 is 2.95 bits per heavy atom. The van der Waals surface area contributed by atoms with E-state index in [1.165, 1.54) is 11.6 Å². The van der Waals surface area contributed by atoms with E-state index in [0.29, 0.717) is 17.0 Å². The molecule has 3 N–H and O–H groups in total. The van der Waals surface area contributed by atoms with Crippen molar-refractivity contribution in [2.45, 2.75) is 0 Å². The molecule has 0 aliphatic carbocycles. The molecule has 0 aliphatic rings. The molecule has 106 valence electrons. The number of fused-ring (bicyclic) bond motifs is 1. The second-order valence-electron chi connectivity index (χ2n) is 4.26. The molecule has 21 heavy (non-hydrogen) atoms. The summed E-state index contributed by atoms with van der Waals surface area (Å²) in [5, 5.41) is 13.1. The van der Waals surface area contributed by atoms with Gasteiger partial charge in [-0.15, -0.1) is 5.10 Å². The Kier molecular flexibility index (Phi) is 2.90. The molecule has 0 saturated heterocycles. The first-order chi connectivity index (χ1) is 10.1. The fourth-order valence-corrected chi connectivity index (χ4v) is 1.98. The lowest BCUT2D eigenvalue weighted by Gasteiger charge is -2.04. The molecule has 3 aromatic rings. The number of carboxylic acids is 1. The van der Waals surface area contributed by atoms with E-state index in [4.69, 9.17) is 10.5 Å². The van der Waals surface area contributed by atoms with E-state index in [9.17, 15) is 9.90 Å². The third kappa shape index (κ3) is 2.12. The molecular formula is C13H11N5O3. The highest BCUT2D eigenvalue weighted by Gasteiger charge is 2.19. The number of rotatable bonds is 3. The SMILES string of the molecule is COc1cncc(-c2ccn3nc(N)c(C(=O)O)c3n2)c1. The molecule has 8 heteroatoms. The fourth-order valence-electron chi connectivity index (χ4n) is 1.98. The summed E-state index contributed by atoms with van der Waals surface area (Å²) in [5.41, 5.74) is 6.92. The van der Waals surface area contributed by atoms with Crippen LogP contribution in [0.5, 0.6) is 5.75 Å². The van der Waals surface area contributed by atoms with Crippen molar-refractivity contribution in [2.24, 2.45) is 0 Å². The standard InChI is InChI=1S/C13H11N5O3/c1-21-8-4-7(5-15-6-8)9-2-3-18-12(16-9)10(13(19)20)11(14)17-18/h2-6H,1H3,(H2,14,17)(H,19,20). The van der Waals surface area contributed by atoms with Crippen LogP contribution in [0.15, 0.2) is 30.7 Å². The second-order valence-corrected chi connectivity index (χ2v) is 4.26. The van der Waals surface area contributed by atoms with Crippen molar-refractivity contribution >= 4 is 17.4 Å². The van der Waals surface area contributed by atoms with Gasteiger partial charge in [0, 0.05) is 18.0 Å². The van der Waals surface area contributed by atoms with Crippen molar-refractivity contribution in [2.75, 3.05) is 12.8 Å². The van der Waals surface area contributed by atoms with E-state index in [0.717, 1.165) is 0 Å². The minimum absolute atomic E-state index is 0.0732. The van der Waals surface area contributed by atoms with Crippen LogP contribution in [0.1, 0.15) is 10.4 Å². The Morgan fingerprint density at radius 1 is 1.43 bits per heavy atom. The van der Waals surface area contributed by atoms with E-state index >= 15 is 0 Å². The highest BCUT2D eigenvalue weighted by atomic mass is 16.5. The number of nitrogens with two attached hydrogens (primary N) is 1. The number of carbonyl (C=O) groups is 1. The van der Waals surface area contributed by atoms with Crippen LogP contribution in [-0.2, 0) is 0 Å². The Morgan fingerprint density at radius 2 is 2.24 bits per heavy atom. The van der Waals surface area contributed by atoms with Gasteiger partial charge in [-0.3, -0.25) is 4.98 Å². The molecule has 3 heterocycles. The van der Waals surface area contributed by atoms with E-state index in [2.05, 4.69) is 15.1 Å². The fraction of sp³-hybridized carbons (Fsp3) is 0.0769. The smallest absolute Gasteiger partial charge is 0.343 e. The van der Waals surface area contributed by atoms with Gasteiger partial charge in [-0.1, -0.05) is 0 Å². The number of nitrogens with zero attached hydrogens (tertiary/aromatic N) is 4. The summed E-state index contributed by atoms with van der Waals surface area (Å²) < 4.78 is 6.44. The lowest BCUT2D eigenvalue weighted by atomic mass is 10.2. The summed E-state index contributed by atoms with van der Waals surface area (Å²) in [6.07, 6.45) is 4.78. The molecular weight excluding hydrogens is 274 g/mol. The average Bonchev–Trinajstić information content (AvgIpc) is 2.82. The number of methoxy groups -OCH3 is 1. The lowest BCUT2D eigenvalue weighted by molar-refractivity contribution is 0.0700. The highest BCUT2D eigenvalue weighted by Crippen LogP contribution is 2.23. The van der Waals surface area contributed by atoms with E-state index in [1.807, 2.05) is 0 Å². The summed E-state index contributed by atoms with van der Waals surface area (Å²) >= 11 is 0. The van der Waals surface area contributed by atoms with Crippen molar-refractivity contribution in [3.63, 3.8) is 0 Å². The number of carboxylic acid groups (broad SMARTS) is 1. The number of pyridine rings is 1. The quantitative estimate of drug-likeness (QED) is 0.739. The predicted octanol–water partition coefficient (Wildman–Crippen LogP) is 1.08. The Balaban J connectivity index is 2.20. The van der Waals surface area contributed by atoms with Crippen LogP contribution in [-0.4, -0.2) is 37.8 Å². The minimum Gasteiger partial charge on any atom is -0.495 e. The van der Waals surface area contributed by atoms with Gasteiger partial charge in [0.1, 0.15) is 11.3 Å². The van der Waals surface area contributed by atoms with Gasteiger partial charge in [0.15, 0.2) is 11.5 Å². The van der Waals surface area contributed by atoms with Gasteiger partial charge in [0.2, 0.25) is 0 Å². The number of hydrogen-bond acceptors (Lipinski definition) is 6. The molecule has 8 nitrogen and oxygen atoms in total. The zero-order chi connectivity index (χ0) is 15.0. The number of aromatic nitrogens is 4. The molecule has 0 fully saturated rings. The van der Waals surface area contributed by atoms with E-state index in [-0.39, 0.29) is 17.0 Å². The largest absolute Gasteiger partial charge is 0.495 e. The maximum absolute atomic E-state index is 11.2. The van der Waals surface area contributed by atoms with E-state index < -0.39 is 5.97 Å². The van der Waals surface area contributed by atoms with Crippen molar-refractivity contribution in [1.29, 1.82) is 0 Å². The van der Waals surface area contributed by atoms with Crippen LogP contribution in [0.2, 0.25) is 0 Å². The Hall–Kier alpha value is -3.16. The van der Waals surface area contributed by atoms with Crippen molar-refractivity contribution in [1.82, 2.24) is 19.6 Å². The summed E-state index contributed by atoms with van der Waals surface area (Å²) in [6, 6.07) is 3.45. The third-order valence-corrected chi connectivity index (χ3v) is 2.97. The van der Waals surface area contributed by atoms with Gasteiger partial charge < -0.3 is 15.6 Å². The van der Waals surface area contributed by atoms with Crippen molar-refractivity contribution < 1.29 is 14.6 Å². The van der Waals surface area contributed by atoms with Crippen molar-refractivity contribution in [3.05, 3.63) is 36.3 Å². The molecule has 0 amide bonds. The Bertz CT molecular complexity index is 843.